The molecule has 0 aliphatic carbocycles. The Balaban J connectivity index is 1.34. The average Bonchev–Trinajstić information content (AvgIpc) is 3.44. The van der Waals surface area contributed by atoms with Crippen molar-refractivity contribution in [3.63, 3.8) is 0 Å². The maximum Gasteiger partial charge on any atom is 0.313 e. The number of allylic oxidation sites excluding steroid dienone is 1. The quantitative estimate of drug-likeness (QED) is 0.328. The molecule has 6 atom stereocenters. The van der Waals surface area contributed by atoms with Gasteiger partial charge in [0.05, 0.1) is 31.8 Å². The first kappa shape index (κ1) is 31.4. The predicted molar refractivity (Wildman–Crippen MR) is 161 cm³/mol. The Labute approximate surface area is 262 Å². The zero-order chi connectivity index (χ0) is 31.4. The van der Waals surface area contributed by atoms with Crippen molar-refractivity contribution in [2.24, 2.45) is 11.8 Å². The van der Waals surface area contributed by atoms with Gasteiger partial charge in [-0.25, -0.2) is 0 Å². The number of carbonyl (C=O) groups is 4. The molecule has 0 bridgehead atoms. The number of nitrogens with one attached hydrogen (secondary N) is 1. The Morgan fingerprint density at radius 3 is 2.56 bits per heavy atom. The molecule has 12 heteroatoms. The lowest BCUT2D eigenvalue weighted by atomic mass is 9.78. The molecule has 0 aromatic heterocycles. The summed E-state index contributed by atoms with van der Waals surface area (Å²) in [4.78, 5) is 60.9. The van der Waals surface area contributed by atoms with E-state index < -0.39 is 41.7 Å². The molecular formula is C33H42N4O8. The van der Waals surface area contributed by atoms with Crippen LogP contribution in [-0.2, 0) is 33.4 Å². The molecule has 3 saturated heterocycles. The largest absolute Gasteiger partial charge is 0.455 e. The summed E-state index contributed by atoms with van der Waals surface area (Å²) in [7, 11) is 0. The van der Waals surface area contributed by atoms with Crippen LogP contribution in [0.5, 0.6) is 0 Å². The van der Waals surface area contributed by atoms with E-state index in [-0.39, 0.29) is 50.3 Å². The molecular weight excluding hydrogens is 580 g/mol. The number of hydrogen-bond acceptors (Lipinski definition) is 9. The number of nitrogens with zero attached hydrogens (tertiary/aromatic N) is 3. The van der Waals surface area contributed by atoms with Crippen LogP contribution in [0, 0.1) is 11.8 Å². The third kappa shape index (κ3) is 6.29. The number of aliphatic hydroxyl groups is 1. The number of fused-ring (bicyclic) bond motifs is 2. The molecule has 0 unspecified atom stereocenters. The molecule has 6 rings (SSSR count). The van der Waals surface area contributed by atoms with Crippen molar-refractivity contribution in [3.05, 3.63) is 60.2 Å². The minimum absolute atomic E-state index is 0.0854. The summed E-state index contributed by atoms with van der Waals surface area (Å²) in [6, 6.07) is 8.17. The zero-order valence-corrected chi connectivity index (χ0v) is 25.4. The number of carbonyl (C=O) groups excluding carboxylic acids is 4. The monoisotopic (exact) mass is 622 g/mol. The lowest BCUT2D eigenvalue weighted by Gasteiger charge is -2.36. The summed E-state index contributed by atoms with van der Waals surface area (Å²) in [5.74, 6) is -3.42. The molecule has 5 heterocycles. The lowest BCUT2D eigenvalue weighted by Crippen LogP contribution is -2.56. The number of likely N-dealkylation sites (tertiary alicyclic amines) is 1. The van der Waals surface area contributed by atoms with E-state index in [4.69, 9.17) is 14.2 Å². The summed E-state index contributed by atoms with van der Waals surface area (Å²) in [5, 5.41) is 12.5. The third-order valence-corrected chi connectivity index (χ3v) is 9.47. The van der Waals surface area contributed by atoms with E-state index in [2.05, 4.69) is 10.2 Å². The van der Waals surface area contributed by atoms with E-state index in [0.717, 1.165) is 13.1 Å². The normalized spacial score (nSPS) is 33.3. The van der Waals surface area contributed by atoms with Crippen molar-refractivity contribution >= 4 is 23.7 Å². The van der Waals surface area contributed by atoms with Crippen molar-refractivity contribution in [1.29, 1.82) is 0 Å². The van der Waals surface area contributed by atoms with Gasteiger partial charge in [0.1, 0.15) is 23.7 Å². The lowest BCUT2D eigenvalue weighted by molar-refractivity contribution is -0.160. The summed E-state index contributed by atoms with van der Waals surface area (Å²) in [5.41, 5.74) is -0.684. The van der Waals surface area contributed by atoms with Crippen LogP contribution in [0.3, 0.4) is 0 Å². The Morgan fingerprint density at radius 1 is 0.978 bits per heavy atom. The summed E-state index contributed by atoms with van der Waals surface area (Å²) in [6.07, 6.45) is 6.52. The van der Waals surface area contributed by atoms with Crippen LogP contribution < -0.4 is 5.32 Å². The van der Waals surface area contributed by atoms with Crippen LogP contribution in [0.15, 0.2) is 54.6 Å². The zero-order valence-electron chi connectivity index (χ0n) is 25.4. The maximum atomic E-state index is 14.4. The number of benzene rings is 1. The molecule has 1 aromatic carbocycles. The summed E-state index contributed by atoms with van der Waals surface area (Å²) >= 11 is 0. The van der Waals surface area contributed by atoms with Gasteiger partial charge in [-0.15, -0.1) is 0 Å². The molecule has 5 aliphatic heterocycles. The Morgan fingerprint density at radius 2 is 1.78 bits per heavy atom. The van der Waals surface area contributed by atoms with Gasteiger partial charge in [-0.05, 0) is 18.4 Å². The molecule has 2 N–H and O–H groups in total. The number of cyclic esters (lactones) is 1. The van der Waals surface area contributed by atoms with Gasteiger partial charge in [0.25, 0.3) is 0 Å². The van der Waals surface area contributed by atoms with Gasteiger partial charge >= 0.3 is 5.97 Å². The molecule has 5 aliphatic rings. The number of hydrogen-bond donors (Lipinski definition) is 2. The van der Waals surface area contributed by atoms with Crippen LogP contribution in [0.4, 0.5) is 0 Å². The highest BCUT2D eigenvalue weighted by Crippen LogP contribution is 2.53. The highest BCUT2D eigenvalue weighted by Gasteiger charge is 2.71. The fourth-order valence-electron chi connectivity index (χ4n) is 7.22. The Kier molecular flexibility index (Phi) is 9.64. The van der Waals surface area contributed by atoms with Crippen LogP contribution in [0.2, 0.25) is 0 Å². The molecule has 3 fully saturated rings. The van der Waals surface area contributed by atoms with Crippen LogP contribution in [-0.4, -0.2) is 127 Å². The highest BCUT2D eigenvalue weighted by atomic mass is 16.6. The second-order valence-corrected chi connectivity index (χ2v) is 12.2. The van der Waals surface area contributed by atoms with Gasteiger partial charge in [-0.1, -0.05) is 54.6 Å². The minimum Gasteiger partial charge on any atom is -0.455 e. The van der Waals surface area contributed by atoms with Crippen molar-refractivity contribution in [1.82, 2.24) is 20.0 Å². The standard InChI is InChI=1S/C33H42N4O8/c38-19-7-14-37-29-31(41)36(16-15-35-17-20-43-21-18-35)13-6-12-33(29)28(30(37)40)27-24(45-33)10-4-5-11-26(39)34-22-25(44-32(27)42)23-8-2-1-3-9-23/h1-4,6,8-10,12,24-25,27-29,38H,5,7,11,13-22H2,(H,34,39)/b10-4-/t24-,25+,27+,28+,29-,33+/m0/s1. The van der Waals surface area contributed by atoms with Crippen LogP contribution in [0.25, 0.3) is 0 Å². The first-order valence-electron chi connectivity index (χ1n) is 16.0. The molecule has 0 radical (unpaired) electrons. The Hall–Kier alpha value is -3.58. The number of ether oxygens (including phenoxy) is 3. The van der Waals surface area contributed by atoms with Gasteiger partial charge in [0.2, 0.25) is 17.7 Å². The van der Waals surface area contributed by atoms with Crippen LogP contribution >= 0.6 is 0 Å². The smallest absolute Gasteiger partial charge is 0.313 e. The minimum atomic E-state index is -1.40. The number of rotatable bonds is 7. The topological polar surface area (TPSA) is 138 Å². The molecule has 3 amide bonds. The van der Waals surface area contributed by atoms with E-state index in [1.807, 2.05) is 36.4 Å². The first-order valence-corrected chi connectivity index (χ1v) is 16.0. The summed E-state index contributed by atoms with van der Waals surface area (Å²) < 4.78 is 18.3. The van der Waals surface area contributed by atoms with Crippen molar-refractivity contribution in [2.75, 3.05) is 65.6 Å². The second-order valence-electron chi connectivity index (χ2n) is 12.2. The highest BCUT2D eigenvalue weighted by molar-refractivity contribution is 5.99. The average molecular weight is 623 g/mol. The molecule has 1 spiro atoms. The number of esters is 1. The van der Waals surface area contributed by atoms with Gasteiger partial charge in [-0.2, -0.15) is 0 Å². The predicted octanol–water partition coefficient (Wildman–Crippen LogP) is 0.431. The molecule has 45 heavy (non-hydrogen) atoms. The Bertz CT molecular complexity index is 1310. The third-order valence-electron chi connectivity index (χ3n) is 9.47. The van der Waals surface area contributed by atoms with Gasteiger partial charge < -0.3 is 34.4 Å². The van der Waals surface area contributed by atoms with Crippen molar-refractivity contribution in [3.8, 4) is 0 Å². The molecule has 0 saturated carbocycles. The number of morpholine rings is 1. The van der Waals surface area contributed by atoms with E-state index in [1.54, 1.807) is 23.1 Å². The van der Waals surface area contributed by atoms with E-state index in [0.29, 0.717) is 44.8 Å². The van der Waals surface area contributed by atoms with E-state index in [9.17, 15) is 24.3 Å². The SMILES string of the molecule is O=C1CC/C=C\[C@@H]2O[C@@]34C=CCN(CCN5CCOCC5)C(=O)[C@@H]3N(CCCO)C(=O)[C@H]4[C@@H]2C(=O)O[C@@H](c2ccccc2)CN1. The van der Waals surface area contributed by atoms with E-state index >= 15 is 0 Å². The fourth-order valence-corrected chi connectivity index (χ4v) is 7.22. The molecule has 1 aromatic rings. The fraction of sp³-hybridized carbons (Fsp3) is 0.576. The van der Waals surface area contributed by atoms with E-state index in [1.165, 1.54) is 4.90 Å². The van der Waals surface area contributed by atoms with Gasteiger partial charge in [0, 0.05) is 52.3 Å². The number of aliphatic hydroxyl groups excluding tert-OH is 1. The van der Waals surface area contributed by atoms with Crippen molar-refractivity contribution in [2.45, 2.75) is 43.1 Å². The molecule has 242 valence electrons. The van der Waals surface area contributed by atoms with Crippen LogP contribution in [0.1, 0.15) is 30.9 Å². The number of amides is 3. The van der Waals surface area contributed by atoms with Crippen molar-refractivity contribution < 1.29 is 38.5 Å². The maximum absolute atomic E-state index is 14.4. The summed E-state index contributed by atoms with van der Waals surface area (Å²) in [6.45, 7) is 4.46. The first-order chi connectivity index (χ1) is 21.9. The van der Waals surface area contributed by atoms with Gasteiger partial charge in [0.15, 0.2) is 0 Å². The molecule has 12 nitrogen and oxygen atoms in total. The van der Waals surface area contributed by atoms with Gasteiger partial charge in [-0.3, -0.25) is 24.1 Å². The second kappa shape index (κ2) is 13.8.